The van der Waals surface area contributed by atoms with Gasteiger partial charge in [-0.1, -0.05) is 131 Å². The van der Waals surface area contributed by atoms with E-state index < -0.39 is 12.5 Å². The molecule has 42 heavy (non-hydrogen) atoms. The fourth-order valence-electron chi connectivity index (χ4n) is 6.62. The van der Waals surface area contributed by atoms with Crippen molar-refractivity contribution in [1.82, 2.24) is 14.5 Å². The van der Waals surface area contributed by atoms with Crippen molar-refractivity contribution in [2.75, 3.05) is 19.6 Å². The van der Waals surface area contributed by atoms with E-state index in [1.165, 1.54) is 21.7 Å². The van der Waals surface area contributed by atoms with Gasteiger partial charge in [-0.3, -0.25) is 0 Å². The van der Waals surface area contributed by atoms with Gasteiger partial charge in [-0.25, -0.2) is 0 Å². The first-order valence-electron chi connectivity index (χ1n) is 15.2. The van der Waals surface area contributed by atoms with Crippen molar-refractivity contribution in [3.8, 4) is 0 Å². The zero-order valence-corrected chi connectivity index (χ0v) is 29.1. The van der Waals surface area contributed by atoms with Crippen LogP contribution in [0.2, 0.25) is 0 Å². The molecule has 1 saturated heterocycles. The van der Waals surface area contributed by atoms with Gasteiger partial charge in [-0.2, -0.15) is 10.0 Å². The van der Waals surface area contributed by atoms with Crippen LogP contribution in [0.3, 0.4) is 0 Å². The summed E-state index contributed by atoms with van der Waals surface area (Å²) in [5.74, 6) is 2.85. The number of rotatable bonds is 12. The fraction of sp³-hybridized carbons (Fsp3) is 0.278. The molecule has 0 aliphatic carbocycles. The van der Waals surface area contributed by atoms with E-state index >= 15 is 0 Å². The van der Waals surface area contributed by atoms with Gasteiger partial charge in [-0.15, -0.1) is 0 Å². The summed E-state index contributed by atoms with van der Waals surface area (Å²) in [6, 6.07) is 45.2. The first-order valence-corrected chi connectivity index (χ1v) is 21.7. The summed E-state index contributed by atoms with van der Waals surface area (Å²) in [6.45, 7) is 14.6. The molecule has 2 atom stereocenters. The van der Waals surface area contributed by atoms with E-state index in [1.807, 2.05) is 0 Å². The number of benzene rings is 4. The van der Waals surface area contributed by atoms with Gasteiger partial charge in [0.15, 0.2) is 33.6 Å². The average Bonchev–Trinajstić information content (AvgIpc) is 3.32. The van der Waals surface area contributed by atoms with Crippen molar-refractivity contribution in [2.24, 2.45) is 0 Å². The van der Waals surface area contributed by atoms with Gasteiger partial charge in [0.1, 0.15) is 10.6 Å². The predicted octanol–water partition coefficient (Wildman–Crippen LogP) is 10.1. The fourth-order valence-corrected chi connectivity index (χ4v) is 23.7. The molecular formula is C36H44IN3P2+2. The smallest absolute Gasteiger partial charge is 0.195 e. The molecule has 4 aromatic carbocycles. The number of unbranched alkanes of at least 4 members (excludes halogenated alkanes) is 1. The van der Waals surface area contributed by atoms with Gasteiger partial charge < -0.3 is 0 Å². The van der Waals surface area contributed by atoms with Gasteiger partial charge in [0.2, 0.25) is 12.5 Å². The molecule has 0 saturated carbocycles. The molecule has 1 aliphatic heterocycles. The molecule has 0 aromatic heterocycles. The normalized spacial score (nSPS) is 19.3. The second kappa shape index (κ2) is 14.2. The summed E-state index contributed by atoms with van der Waals surface area (Å²) in [4.78, 5) is 0. The maximum atomic E-state index is 4.69. The van der Waals surface area contributed by atoms with Crippen LogP contribution in [0.4, 0.5) is 0 Å². The van der Waals surface area contributed by atoms with Crippen molar-refractivity contribution in [3.05, 3.63) is 145 Å². The monoisotopic (exact) mass is 707 g/mol. The highest BCUT2D eigenvalue weighted by Gasteiger charge is 2.74. The van der Waals surface area contributed by atoms with Crippen molar-refractivity contribution in [2.45, 2.75) is 45.2 Å². The molecular weight excluding hydrogens is 663 g/mol. The first kappa shape index (κ1) is 31.5. The molecule has 1 aliphatic rings. The third kappa shape index (κ3) is 5.56. The van der Waals surface area contributed by atoms with Crippen molar-refractivity contribution in [3.63, 3.8) is 0 Å². The minimum absolute atomic E-state index is 0.248. The number of hydrogen-bond donors (Lipinski definition) is 0. The number of halogens is 1. The van der Waals surface area contributed by atoms with E-state index in [-0.39, 0.29) is 11.6 Å². The van der Waals surface area contributed by atoms with Gasteiger partial charge in [-0.05, 0) is 35.1 Å². The maximum Gasteiger partial charge on any atom is 0.229 e. The second-order valence-electron chi connectivity index (χ2n) is 10.7. The van der Waals surface area contributed by atoms with E-state index in [0.717, 1.165) is 32.5 Å². The summed E-state index contributed by atoms with van der Waals surface area (Å²) in [6.07, 6.45) is 2.29. The van der Waals surface area contributed by atoms with Crippen LogP contribution in [0.5, 0.6) is 0 Å². The Hall–Kier alpha value is -1.91. The van der Waals surface area contributed by atoms with Crippen LogP contribution in [-0.2, 0) is 0 Å². The Kier molecular flexibility index (Phi) is 10.7. The molecule has 218 valence electrons. The van der Waals surface area contributed by atoms with E-state index in [0.29, 0.717) is 0 Å². The van der Waals surface area contributed by atoms with Crippen LogP contribution >= 0.6 is 34.5 Å². The Morgan fingerprint density at radius 1 is 0.690 bits per heavy atom. The van der Waals surface area contributed by atoms with E-state index in [2.05, 4.69) is 191 Å². The van der Waals surface area contributed by atoms with Gasteiger partial charge in [0.05, 0.1) is 12.4 Å². The van der Waals surface area contributed by atoms with Crippen molar-refractivity contribution in [1.29, 1.82) is 0 Å². The molecule has 1 fully saturated rings. The predicted molar refractivity (Wildman–Crippen MR) is 195 cm³/mol. The van der Waals surface area contributed by atoms with Crippen LogP contribution in [0.1, 0.15) is 56.3 Å². The Bertz CT molecular complexity index is 1310. The summed E-state index contributed by atoms with van der Waals surface area (Å²) < 4.78 is 3.04. The lowest BCUT2D eigenvalue weighted by Crippen LogP contribution is -2.38. The molecule has 0 bridgehead atoms. The minimum Gasteiger partial charge on any atom is -0.195 e. The highest BCUT2D eigenvalue weighted by Crippen LogP contribution is 2.96. The Morgan fingerprint density at radius 2 is 1.07 bits per heavy atom. The number of hydrogen-bond acceptors (Lipinski definition) is 3. The van der Waals surface area contributed by atoms with Gasteiger partial charge in [0.25, 0.3) is 0 Å². The molecule has 6 heteroatoms. The average molecular weight is 708 g/mol. The van der Waals surface area contributed by atoms with Gasteiger partial charge in [0, 0.05) is 24.2 Å². The van der Waals surface area contributed by atoms with Crippen molar-refractivity contribution >= 4 is 45.1 Å². The highest BCUT2D eigenvalue weighted by atomic mass is 127. The molecule has 4 aromatic rings. The molecule has 0 radical (unpaired) electrons. The van der Waals surface area contributed by atoms with Crippen LogP contribution in [-0.4, -0.2) is 34.1 Å². The zero-order valence-electron chi connectivity index (χ0n) is 25.1. The quantitative estimate of drug-likeness (QED) is 0.107. The standard InChI is InChI=1S/C36H44IN3P2/c1-5-9-30-40(41(8-4,33-26-18-12-19-27-33)34-28-20-13-21-29-34)42(37)35(31-22-14-10-15-23-31)38(6-2)39(7-3)36(42)32-24-16-11-17-25-32/h8,10-29,35-36H,4-7,9,30H2,1-3H3/q+2/t35-,36-/m1/s1. The summed E-state index contributed by atoms with van der Waals surface area (Å²) >= 11 is 3.01. The minimum atomic E-state index is -2.24. The Balaban J connectivity index is 1.89. The van der Waals surface area contributed by atoms with E-state index in [4.69, 9.17) is 0 Å². The van der Waals surface area contributed by atoms with Crippen LogP contribution in [0.25, 0.3) is 0 Å². The molecule has 0 spiro atoms. The molecule has 1 heterocycles. The van der Waals surface area contributed by atoms with Crippen LogP contribution < -0.4 is 10.6 Å². The summed E-state index contributed by atoms with van der Waals surface area (Å²) in [5, 5.41) is 6.05. The SMILES string of the molecule is C=C[P+](c1ccccc1)(c1ccccc1)N(CCCC)[P+]1(I)[C@H](c2ccccc2)N(CC)N(CC)[C@H]1c1ccccc1. The first-order chi connectivity index (χ1) is 20.6. The summed E-state index contributed by atoms with van der Waals surface area (Å²) in [5.41, 5.74) is 2.81. The molecule has 0 amide bonds. The van der Waals surface area contributed by atoms with Crippen LogP contribution in [0, 0.1) is 0 Å². The lowest BCUT2D eigenvalue weighted by Gasteiger charge is -2.41. The third-order valence-electron chi connectivity index (χ3n) is 8.42. The maximum absolute atomic E-state index is 4.69. The zero-order chi connectivity index (χ0) is 29.6. The topological polar surface area (TPSA) is 9.72 Å². The largest absolute Gasteiger partial charge is 0.229 e. The lowest BCUT2D eigenvalue weighted by molar-refractivity contribution is -0.0191. The second-order valence-corrected chi connectivity index (χ2v) is 21.7. The molecule has 0 unspecified atom stereocenters. The lowest BCUT2D eigenvalue weighted by atomic mass is 10.2. The molecule has 0 N–H and O–H groups in total. The number of hydrazine groups is 1. The summed E-state index contributed by atoms with van der Waals surface area (Å²) in [7, 11) is -2.24. The Morgan fingerprint density at radius 3 is 1.40 bits per heavy atom. The van der Waals surface area contributed by atoms with Gasteiger partial charge >= 0.3 is 0 Å². The van der Waals surface area contributed by atoms with E-state index in [1.54, 1.807) is 0 Å². The molecule has 5 rings (SSSR count). The van der Waals surface area contributed by atoms with Crippen molar-refractivity contribution < 1.29 is 0 Å². The third-order valence-corrected chi connectivity index (χ3v) is 22.9. The van der Waals surface area contributed by atoms with E-state index in [9.17, 15) is 0 Å². The molecule has 3 nitrogen and oxygen atoms in total. The highest BCUT2D eigenvalue weighted by molar-refractivity contribution is 14.2. The number of nitrogens with zero attached hydrogens (tertiary/aromatic N) is 3. The van der Waals surface area contributed by atoms with Crippen LogP contribution in [0.15, 0.2) is 134 Å². The Labute approximate surface area is 267 Å².